The predicted octanol–water partition coefficient (Wildman–Crippen LogP) is 4.66. The van der Waals surface area contributed by atoms with E-state index in [0.717, 1.165) is 29.8 Å². The highest BCUT2D eigenvalue weighted by Gasteiger charge is 2.34. The first-order chi connectivity index (χ1) is 11.9. The number of aromatic hydroxyl groups is 2. The summed E-state index contributed by atoms with van der Waals surface area (Å²) < 4.78 is 0.631. The highest BCUT2D eigenvalue weighted by Crippen LogP contribution is 2.46. The van der Waals surface area contributed by atoms with Crippen molar-refractivity contribution in [3.8, 4) is 11.5 Å². The highest BCUT2D eigenvalue weighted by molar-refractivity contribution is 9.11. The molecule has 5 nitrogen and oxygen atoms in total. The van der Waals surface area contributed by atoms with E-state index in [1.165, 1.54) is 10.4 Å². The number of nitrogens with one attached hydrogen (secondary N) is 2. The Hall–Kier alpha value is -1.25. The minimum Gasteiger partial charge on any atom is -0.506 e. The van der Waals surface area contributed by atoms with Crippen LogP contribution in [0.5, 0.6) is 11.5 Å². The zero-order valence-electron chi connectivity index (χ0n) is 13.3. The van der Waals surface area contributed by atoms with Crippen LogP contribution in [0.2, 0.25) is 0 Å². The van der Waals surface area contributed by atoms with Crippen molar-refractivity contribution in [1.29, 1.82) is 0 Å². The first-order valence-electron chi connectivity index (χ1n) is 7.98. The van der Waals surface area contributed by atoms with Crippen LogP contribution in [0.3, 0.4) is 0 Å². The first-order valence-corrected chi connectivity index (χ1v) is 10.4. The van der Waals surface area contributed by atoms with Gasteiger partial charge in [0.15, 0.2) is 0 Å². The second-order valence-electron chi connectivity index (χ2n) is 6.57. The van der Waals surface area contributed by atoms with Gasteiger partial charge in [0.25, 0.3) is 5.91 Å². The van der Waals surface area contributed by atoms with E-state index in [0.29, 0.717) is 16.0 Å². The summed E-state index contributed by atoms with van der Waals surface area (Å²) in [6.07, 6.45) is 2.48. The van der Waals surface area contributed by atoms with Crippen LogP contribution in [-0.2, 0) is 12.8 Å². The maximum atomic E-state index is 12.7. The lowest BCUT2D eigenvalue weighted by Crippen LogP contribution is -2.38. The smallest absolute Gasteiger partial charge is 0.256 e. The molecule has 2 aromatic rings. The normalized spacial score (nSPS) is 22.0. The summed E-state index contributed by atoms with van der Waals surface area (Å²) in [7, 11) is 0. The van der Waals surface area contributed by atoms with Crippen LogP contribution >= 0.6 is 43.2 Å². The molecule has 0 unspecified atom stereocenters. The van der Waals surface area contributed by atoms with Gasteiger partial charge in [-0.2, -0.15) is 0 Å². The van der Waals surface area contributed by atoms with Gasteiger partial charge in [0, 0.05) is 10.4 Å². The average Bonchev–Trinajstić information content (AvgIpc) is 2.93. The molecule has 1 aromatic heterocycles. The molecule has 1 aliphatic heterocycles. The summed E-state index contributed by atoms with van der Waals surface area (Å²) in [5.41, 5.74) is 2.40. The van der Waals surface area contributed by atoms with Crippen molar-refractivity contribution in [3.05, 3.63) is 36.6 Å². The van der Waals surface area contributed by atoms with Crippen LogP contribution in [0.1, 0.15) is 45.9 Å². The molecule has 0 spiro atoms. The van der Waals surface area contributed by atoms with Crippen LogP contribution in [0.4, 0.5) is 5.00 Å². The van der Waals surface area contributed by atoms with Crippen molar-refractivity contribution in [2.45, 2.75) is 32.4 Å². The number of fused-ring (bicyclic) bond motifs is 3. The molecule has 4 rings (SSSR count). The van der Waals surface area contributed by atoms with Crippen molar-refractivity contribution >= 4 is 54.1 Å². The third kappa shape index (κ3) is 2.74. The molecule has 0 saturated heterocycles. The maximum absolute atomic E-state index is 12.7. The topological polar surface area (TPSA) is 81.6 Å². The monoisotopic (exact) mass is 486 g/mol. The molecule has 0 saturated carbocycles. The van der Waals surface area contributed by atoms with Gasteiger partial charge in [-0.3, -0.25) is 4.79 Å². The average molecular weight is 488 g/mol. The fourth-order valence-electron chi connectivity index (χ4n) is 3.46. The third-order valence-corrected chi connectivity index (χ3v) is 7.34. The number of carbonyl (C=O) groups excluding carboxylic acids is 1. The molecule has 0 radical (unpaired) electrons. The number of carbonyl (C=O) groups is 1. The van der Waals surface area contributed by atoms with Gasteiger partial charge in [-0.15, -0.1) is 11.3 Å². The van der Waals surface area contributed by atoms with Gasteiger partial charge in [-0.25, -0.2) is 0 Å². The molecule has 2 heterocycles. The minimum atomic E-state index is -0.564. The Balaban J connectivity index is 1.75. The predicted molar refractivity (Wildman–Crippen MR) is 105 cm³/mol. The number of anilines is 1. The van der Waals surface area contributed by atoms with Crippen LogP contribution in [0.15, 0.2) is 15.0 Å². The Labute approximate surface area is 165 Å². The zero-order chi connectivity index (χ0) is 17.9. The van der Waals surface area contributed by atoms with Gasteiger partial charge in [-0.05, 0) is 68.7 Å². The van der Waals surface area contributed by atoms with E-state index in [-0.39, 0.29) is 21.9 Å². The molecule has 1 amide bonds. The standard InChI is InChI=1S/C17H16Br2N2O3S/c1-6-2-3-7-10(4-6)25-17-11(7)16(24)20-15(21-17)8-5-9(18)14(23)12(19)13(8)22/h5-6,15,21-23H,2-4H2,1H3,(H,20,24)/t6-,15-/m1/s1. The fourth-order valence-corrected chi connectivity index (χ4v) is 6.05. The molecular weight excluding hydrogens is 472 g/mol. The maximum Gasteiger partial charge on any atom is 0.256 e. The molecular formula is C17H16Br2N2O3S. The second kappa shape index (κ2) is 6.17. The van der Waals surface area contributed by atoms with E-state index < -0.39 is 6.17 Å². The Bertz CT molecular complexity index is 897. The first kappa shape index (κ1) is 17.2. The van der Waals surface area contributed by atoms with Crippen LogP contribution in [0.25, 0.3) is 0 Å². The summed E-state index contributed by atoms with van der Waals surface area (Å²) in [6.45, 7) is 2.24. The van der Waals surface area contributed by atoms with Gasteiger partial charge in [-0.1, -0.05) is 6.92 Å². The molecule has 0 bridgehead atoms. The van der Waals surface area contributed by atoms with Crippen molar-refractivity contribution in [1.82, 2.24) is 5.32 Å². The zero-order valence-corrected chi connectivity index (χ0v) is 17.3. The summed E-state index contributed by atoms with van der Waals surface area (Å²) in [6, 6.07) is 1.61. The van der Waals surface area contributed by atoms with E-state index >= 15 is 0 Å². The van der Waals surface area contributed by atoms with Crippen molar-refractivity contribution in [2.24, 2.45) is 5.92 Å². The minimum absolute atomic E-state index is 0.0790. The number of halogens is 2. The number of hydrogen-bond acceptors (Lipinski definition) is 5. The van der Waals surface area contributed by atoms with Crippen molar-refractivity contribution in [3.63, 3.8) is 0 Å². The quantitative estimate of drug-likeness (QED) is 0.471. The Morgan fingerprint density at radius 3 is 2.76 bits per heavy atom. The molecule has 8 heteroatoms. The number of amides is 1. The molecule has 4 N–H and O–H groups in total. The van der Waals surface area contributed by atoms with Crippen LogP contribution in [-0.4, -0.2) is 16.1 Å². The molecule has 25 heavy (non-hydrogen) atoms. The Kier molecular flexibility index (Phi) is 4.24. The molecule has 2 atom stereocenters. The van der Waals surface area contributed by atoms with Gasteiger partial charge in [0.1, 0.15) is 27.1 Å². The SMILES string of the molecule is C[C@@H]1CCc2c(sc3c2C(=O)N[C@@H](c2cc(Br)c(O)c(Br)c2O)N3)C1. The van der Waals surface area contributed by atoms with Gasteiger partial charge >= 0.3 is 0 Å². The number of phenolic OH excluding ortho intramolecular Hbond substituents is 2. The molecule has 1 aromatic carbocycles. The summed E-state index contributed by atoms with van der Waals surface area (Å²) in [5, 5.41) is 27.4. The fraction of sp³-hybridized carbons (Fsp3) is 0.353. The van der Waals surface area contributed by atoms with E-state index in [2.05, 4.69) is 49.4 Å². The summed E-state index contributed by atoms with van der Waals surface area (Å²) in [5.74, 6) is 0.339. The summed E-state index contributed by atoms with van der Waals surface area (Å²) in [4.78, 5) is 14.0. The Morgan fingerprint density at radius 2 is 2.00 bits per heavy atom. The second-order valence-corrected chi connectivity index (χ2v) is 9.32. The number of rotatable bonds is 1. The summed E-state index contributed by atoms with van der Waals surface area (Å²) >= 11 is 8.08. The lowest BCUT2D eigenvalue weighted by Gasteiger charge is -2.28. The Morgan fingerprint density at radius 1 is 1.24 bits per heavy atom. The highest BCUT2D eigenvalue weighted by atomic mass is 79.9. The molecule has 132 valence electrons. The largest absolute Gasteiger partial charge is 0.506 e. The molecule has 1 aliphatic carbocycles. The van der Waals surface area contributed by atoms with Gasteiger partial charge < -0.3 is 20.8 Å². The van der Waals surface area contributed by atoms with Gasteiger partial charge in [0.2, 0.25) is 0 Å². The van der Waals surface area contributed by atoms with Crippen LogP contribution < -0.4 is 10.6 Å². The number of hydrogen-bond donors (Lipinski definition) is 4. The van der Waals surface area contributed by atoms with E-state index in [1.807, 2.05) is 0 Å². The lowest BCUT2D eigenvalue weighted by molar-refractivity contribution is 0.0935. The van der Waals surface area contributed by atoms with E-state index in [4.69, 9.17) is 0 Å². The van der Waals surface area contributed by atoms with Crippen LogP contribution in [0, 0.1) is 5.92 Å². The van der Waals surface area contributed by atoms with Gasteiger partial charge in [0.05, 0.1) is 10.0 Å². The lowest BCUT2D eigenvalue weighted by atomic mass is 9.88. The molecule has 0 fully saturated rings. The third-order valence-electron chi connectivity index (χ3n) is 4.80. The number of benzene rings is 1. The number of thiophene rings is 1. The molecule has 2 aliphatic rings. The number of phenols is 2. The van der Waals surface area contributed by atoms with E-state index in [9.17, 15) is 15.0 Å². The van der Waals surface area contributed by atoms with Crippen molar-refractivity contribution < 1.29 is 15.0 Å². The van der Waals surface area contributed by atoms with E-state index in [1.54, 1.807) is 17.4 Å². The van der Waals surface area contributed by atoms with Crippen molar-refractivity contribution in [2.75, 3.05) is 5.32 Å².